The summed E-state index contributed by atoms with van der Waals surface area (Å²) < 4.78 is 4.74. The third kappa shape index (κ3) is 3.66. The predicted octanol–water partition coefficient (Wildman–Crippen LogP) is 3.24. The van der Waals surface area contributed by atoms with Crippen LogP contribution in [-0.2, 0) is 22.4 Å². The molecule has 0 saturated heterocycles. The van der Waals surface area contributed by atoms with Crippen molar-refractivity contribution in [3.8, 4) is 0 Å². The third-order valence-corrected chi connectivity index (χ3v) is 4.10. The highest BCUT2D eigenvalue weighted by Crippen LogP contribution is 2.23. The van der Waals surface area contributed by atoms with Crippen molar-refractivity contribution in [1.29, 1.82) is 0 Å². The number of benzene rings is 2. The number of fused-ring (bicyclic) bond motifs is 1. The van der Waals surface area contributed by atoms with Gasteiger partial charge in [0, 0.05) is 18.0 Å². The first kappa shape index (κ1) is 16.6. The molecule has 2 aromatic carbocycles. The summed E-state index contributed by atoms with van der Waals surface area (Å²) in [5.41, 5.74) is 2.94. The van der Waals surface area contributed by atoms with Gasteiger partial charge in [-0.1, -0.05) is 36.4 Å². The molecule has 5 heteroatoms. The Bertz CT molecular complexity index is 932. The summed E-state index contributed by atoms with van der Waals surface area (Å²) in [5, 5.41) is 10.9. The van der Waals surface area contributed by atoms with Crippen LogP contribution in [0.15, 0.2) is 54.7 Å². The molecule has 0 aliphatic heterocycles. The first-order valence-corrected chi connectivity index (χ1v) is 7.83. The number of hydrogen-bond acceptors (Lipinski definition) is 4. The fraction of sp³-hybridized carbons (Fsp3) is 0.150. The molecule has 0 radical (unpaired) electrons. The number of hydrogen-bond donors (Lipinski definition) is 1. The Labute approximate surface area is 144 Å². The average Bonchev–Trinajstić information content (AvgIpc) is 2.64. The summed E-state index contributed by atoms with van der Waals surface area (Å²) in [4.78, 5) is 27.1. The van der Waals surface area contributed by atoms with Crippen LogP contribution >= 0.6 is 0 Å². The quantitative estimate of drug-likeness (QED) is 0.724. The Morgan fingerprint density at radius 3 is 2.36 bits per heavy atom. The number of pyridine rings is 1. The van der Waals surface area contributed by atoms with Crippen LogP contribution in [0, 0.1) is 0 Å². The number of nitrogens with zero attached hydrogens (tertiary/aromatic N) is 1. The number of carbonyl (C=O) groups excluding carboxylic acids is 1. The molecule has 0 spiro atoms. The second-order valence-corrected chi connectivity index (χ2v) is 5.71. The second kappa shape index (κ2) is 7.13. The first-order chi connectivity index (χ1) is 12.1. The predicted molar refractivity (Wildman–Crippen MR) is 93.7 cm³/mol. The number of carboxylic acids is 1. The van der Waals surface area contributed by atoms with E-state index in [2.05, 4.69) is 4.98 Å². The molecule has 0 fully saturated rings. The minimum atomic E-state index is -0.942. The van der Waals surface area contributed by atoms with Crippen molar-refractivity contribution in [2.24, 2.45) is 0 Å². The van der Waals surface area contributed by atoms with Gasteiger partial charge in [0.1, 0.15) is 0 Å². The van der Waals surface area contributed by atoms with Crippen molar-refractivity contribution in [2.75, 3.05) is 7.11 Å². The SMILES string of the molecule is COC(=O)Cc1cnc(Cc2ccc(C(=O)O)cc2)c2ccccc12. The van der Waals surface area contributed by atoms with E-state index in [1.54, 1.807) is 30.5 Å². The maximum atomic E-state index is 11.6. The molecule has 0 atom stereocenters. The zero-order chi connectivity index (χ0) is 17.8. The Balaban J connectivity index is 1.95. The smallest absolute Gasteiger partial charge is 0.335 e. The largest absolute Gasteiger partial charge is 0.478 e. The number of aromatic nitrogens is 1. The highest BCUT2D eigenvalue weighted by Gasteiger charge is 2.11. The van der Waals surface area contributed by atoms with Gasteiger partial charge >= 0.3 is 11.9 Å². The summed E-state index contributed by atoms with van der Waals surface area (Å²) in [7, 11) is 1.37. The number of methoxy groups -OCH3 is 1. The maximum Gasteiger partial charge on any atom is 0.335 e. The molecular weight excluding hydrogens is 318 g/mol. The summed E-state index contributed by atoms with van der Waals surface area (Å²) in [6.45, 7) is 0. The van der Waals surface area contributed by atoms with E-state index < -0.39 is 5.97 Å². The Kier molecular flexibility index (Phi) is 4.75. The van der Waals surface area contributed by atoms with Crippen molar-refractivity contribution >= 4 is 22.7 Å². The summed E-state index contributed by atoms with van der Waals surface area (Å²) >= 11 is 0. The fourth-order valence-corrected chi connectivity index (χ4v) is 2.78. The lowest BCUT2D eigenvalue weighted by molar-refractivity contribution is -0.139. The van der Waals surface area contributed by atoms with Crippen LogP contribution < -0.4 is 0 Å². The average molecular weight is 335 g/mol. The Morgan fingerprint density at radius 1 is 1.04 bits per heavy atom. The van der Waals surface area contributed by atoms with E-state index in [-0.39, 0.29) is 18.0 Å². The maximum absolute atomic E-state index is 11.6. The molecule has 0 saturated carbocycles. The molecule has 126 valence electrons. The van der Waals surface area contributed by atoms with Gasteiger partial charge in [-0.3, -0.25) is 9.78 Å². The molecule has 1 aromatic heterocycles. The molecule has 1 N–H and O–H groups in total. The second-order valence-electron chi connectivity index (χ2n) is 5.71. The molecule has 5 nitrogen and oxygen atoms in total. The van der Waals surface area contributed by atoms with Gasteiger partial charge in [0.15, 0.2) is 0 Å². The normalized spacial score (nSPS) is 10.6. The van der Waals surface area contributed by atoms with Gasteiger partial charge in [-0.2, -0.15) is 0 Å². The van der Waals surface area contributed by atoms with Crippen LogP contribution in [0.4, 0.5) is 0 Å². The first-order valence-electron chi connectivity index (χ1n) is 7.83. The number of aromatic carboxylic acids is 1. The Morgan fingerprint density at radius 2 is 1.72 bits per heavy atom. The molecule has 1 heterocycles. The topological polar surface area (TPSA) is 76.5 Å². The highest BCUT2D eigenvalue weighted by atomic mass is 16.5. The lowest BCUT2D eigenvalue weighted by Crippen LogP contribution is -2.06. The van der Waals surface area contributed by atoms with Crippen LogP contribution in [-0.4, -0.2) is 29.1 Å². The lowest BCUT2D eigenvalue weighted by atomic mass is 9.99. The molecule has 0 bridgehead atoms. The van der Waals surface area contributed by atoms with Gasteiger partial charge in [-0.25, -0.2) is 4.79 Å². The van der Waals surface area contributed by atoms with Crippen LogP contribution in [0.25, 0.3) is 10.8 Å². The minimum absolute atomic E-state index is 0.178. The number of ether oxygens (including phenoxy) is 1. The molecular formula is C20H17NO4. The van der Waals surface area contributed by atoms with E-state index in [0.29, 0.717) is 6.42 Å². The van der Waals surface area contributed by atoms with Gasteiger partial charge in [0.2, 0.25) is 0 Å². The molecule has 0 unspecified atom stereocenters. The molecule has 3 aromatic rings. The van der Waals surface area contributed by atoms with E-state index in [0.717, 1.165) is 27.6 Å². The van der Waals surface area contributed by atoms with E-state index in [9.17, 15) is 9.59 Å². The summed E-state index contributed by atoms with van der Waals surface area (Å²) in [5.74, 6) is -1.24. The van der Waals surface area contributed by atoms with Crippen molar-refractivity contribution in [2.45, 2.75) is 12.8 Å². The summed E-state index contributed by atoms with van der Waals surface area (Å²) in [6, 6.07) is 14.6. The van der Waals surface area contributed by atoms with Crippen LogP contribution in [0.5, 0.6) is 0 Å². The lowest BCUT2D eigenvalue weighted by Gasteiger charge is -2.10. The minimum Gasteiger partial charge on any atom is -0.478 e. The molecule has 0 amide bonds. The number of carboxylic acid groups (broad SMARTS) is 1. The zero-order valence-corrected chi connectivity index (χ0v) is 13.7. The fourth-order valence-electron chi connectivity index (χ4n) is 2.78. The van der Waals surface area contributed by atoms with Gasteiger partial charge in [0.25, 0.3) is 0 Å². The van der Waals surface area contributed by atoms with E-state index in [1.165, 1.54) is 7.11 Å². The van der Waals surface area contributed by atoms with E-state index in [4.69, 9.17) is 9.84 Å². The van der Waals surface area contributed by atoms with Crippen LogP contribution in [0.2, 0.25) is 0 Å². The van der Waals surface area contributed by atoms with Crippen molar-refractivity contribution in [3.63, 3.8) is 0 Å². The van der Waals surface area contributed by atoms with E-state index in [1.807, 2.05) is 24.3 Å². The van der Waals surface area contributed by atoms with E-state index >= 15 is 0 Å². The molecule has 3 rings (SSSR count). The van der Waals surface area contributed by atoms with Crippen LogP contribution in [0.1, 0.15) is 27.2 Å². The number of esters is 1. The third-order valence-electron chi connectivity index (χ3n) is 4.10. The Hall–Kier alpha value is -3.21. The molecule has 0 aliphatic rings. The van der Waals surface area contributed by atoms with Gasteiger partial charge in [-0.15, -0.1) is 0 Å². The van der Waals surface area contributed by atoms with Gasteiger partial charge in [-0.05, 0) is 28.6 Å². The molecule has 0 aliphatic carbocycles. The number of carbonyl (C=O) groups is 2. The monoisotopic (exact) mass is 335 g/mol. The van der Waals surface area contributed by atoms with Crippen molar-refractivity contribution in [3.05, 3.63) is 77.1 Å². The van der Waals surface area contributed by atoms with Gasteiger partial charge in [0.05, 0.1) is 24.8 Å². The van der Waals surface area contributed by atoms with Crippen LogP contribution in [0.3, 0.4) is 0 Å². The summed E-state index contributed by atoms with van der Waals surface area (Å²) in [6.07, 6.45) is 2.47. The van der Waals surface area contributed by atoms with Gasteiger partial charge < -0.3 is 9.84 Å². The zero-order valence-electron chi connectivity index (χ0n) is 13.7. The standard InChI is InChI=1S/C20H17NO4/c1-25-19(22)11-15-12-21-18(17-5-3-2-4-16(15)17)10-13-6-8-14(9-7-13)20(23)24/h2-9,12H,10-11H2,1H3,(H,23,24). The highest BCUT2D eigenvalue weighted by molar-refractivity contribution is 5.90. The van der Waals surface area contributed by atoms with Crippen molar-refractivity contribution in [1.82, 2.24) is 4.98 Å². The number of rotatable bonds is 5. The molecule has 25 heavy (non-hydrogen) atoms. The van der Waals surface area contributed by atoms with Crippen molar-refractivity contribution < 1.29 is 19.4 Å².